The molecule has 0 aliphatic heterocycles. The fraction of sp³-hybridized carbons (Fsp3) is 0.559. The highest BCUT2D eigenvalue weighted by atomic mass is 16.5. The summed E-state index contributed by atoms with van der Waals surface area (Å²) in [5.41, 5.74) is 4.32. The van der Waals surface area contributed by atoms with Gasteiger partial charge in [-0.3, -0.25) is 14.4 Å². The number of pyridine rings is 1. The molecule has 2 aromatic heterocycles. The molecule has 2 fully saturated rings. The van der Waals surface area contributed by atoms with Crippen LogP contribution in [0.25, 0.3) is 11.1 Å². The van der Waals surface area contributed by atoms with Crippen molar-refractivity contribution in [1.82, 2.24) is 14.8 Å². The topological polar surface area (TPSA) is 80.5 Å². The number of hydrogen-bond acceptors (Lipinski definition) is 5. The van der Waals surface area contributed by atoms with Gasteiger partial charge in [0.1, 0.15) is 11.6 Å². The summed E-state index contributed by atoms with van der Waals surface area (Å²) in [6.07, 6.45) is 16.6. The standard InChI is InChI=1S/C34H48N4O3/c1-23(2)32(41-6)16-7-25(5)27-10-8-26(9-11-27)21-37(34(40)28-12-14-31(39)15-13-28)33-19-29(17-18-35-33)30-20-36-38(22-30)24(3)4/h7,16-20,22,24,26-28,31,39H,5,8-15,21H2,1-4,6H3/b16-7-. The molecule has 0 atom stereocenters. The lowest BCUT2D eigenvalue weighted by molar-refractivity contribution is -0.124. The van der Waals surface area contributed by atoms with Crippen molar-refractivity contribution >= 4 is 11.7 Å². The van der Waals surface area contributed by atoms with Crippen LogP contribution in [0.5, 0.6) is 0 Å². The Morgan fingerprint density at radius 1 is 1.10 bits per heavy atom. The van der Waals surface area contributed by atoms with E-state index in [0.29, 0.717) is 37.0 Å². The van der Waals surface area contributed by atoms with Gasteiger partial charge in [-0.2, -0.15) is 5.10 Å². The molecule has 1 amide bonds. The lowest BCUT2D eigenvalue weighted by Gasteiger charge is -2.35. The monoisotopic (exact) mass is 560 g/mol. The second kappa shape index (κ2) is 14.1. The lowest BCUT2D eigenvalue weighted by atomic mass is 9.78. The van der Waals surface area contributed by atoms with Gasteiger partial charge >= 0.3 is 0 Å². The fourth-order valence-corrected chi connectivity index (χ4v) is 6.09. The largest absolute Gasteiger partial charge is 0.497 e. The van der Waals surface area contributed by atoms with Gasteiger partial charge in [0.05, 0.1) is 19.4 Å². The molecule has 222 valence electrons. The molecule has 2 aliphatic rings. The molecule has 0 unspecified atom stereocenters. The smallest absolute Gasteiger partial charge is 0.231 e. The number of anilines is 1. The third kappa shape index (κ3) is 7.97. The quantitative estimate of drug-likeness (QED) is 0.244. The third-order valence-electron chi connectivity index (χ3n) is 8.77. The number of carbonyl (C=O) groups excluding carboxylic acids is 1. The van der Waals surface area contributed by atoms with Crippen molar-refractivity contribution in [2.75, 3.05) is 18.6 Å². The van der Waals surface area contributed by atoms with Crippen molar-refractivity contribution in [1.29, 1.82) is 0 Å². The van der Waals surface area contributed by atoms with Crippen LogP contribution in [0, 0.1) is 17.8 Å². The molecule has 0 aromatic carbocycles. The highest BCUT2D eigenvalue weighted by molar-refractivity contribution is 5.94. The summed E-state index contributed by atoms with van der Waals surface area (Å²) < 4.78 is 7.42. The highest BCUT2D eigenvalue weighted by Crippen LogP contribution is 2.36. The maximum atomic E-state index is 14.0. The van der Waals surface area contributed by atoms with E-state index in [4.69, 9.17) is 9.72 Å². The summed E-state index contributed by atoms with van der Waals surface area (Å²) in [6.45, 7) is 13.3. The van der Waals surface area contributed by atoms with Gasteiger partial charge in [0.2, 0.25) is 5.91 Å². The minimum Gasteiger partial charge on any atom is -0.497 e. The Balaban J connectivity index is 1.49. The summed E-state index contributed by atoms with van der Waals surface area (Å²) >= 11 is 0. The number of amides is 1. The average Bonchev–Trinajstić information content (AvgIpc) is 3.47. The Labute approximate surface area is 246 Å². The molecular formula is C34H48N4O3. The normalized spacial score (nSPS) is 23.0. The van der Waals surface area contributed by atoms with E-state index in [0.717, 1.165) is 66.6 Å². The van der Waals surface area contributed by atoms with Crippen molar-refractivity contribution in [2.24, 2.45) is 17.8 Å². The second-order valence-electron chi connectivity index (χ2n) is 12.4. The van der Waals surface area contributed by atoms with Gasteiger partial charge in [-0.05, 0) is 120 Å². The first kappa shape index (κ1) is 30.8. The number of rotatable bonds is 10. The predicted octanol–water partition coefficient (Wildman–Crippen LogP) is 7.27. The third-order valence-corrected chi connectivity index (χ3v) is 8.77. The van der Waals surface area contributed by atoms with Crippen molar-refractivity contribution in [3.63, 3.8) is 0 Å². The van der Waals surface area contributed by atoms with Gasteiger partial charge in [0.25, 0.3) is 0 Å². The SMILES string of the molecule is C=C(/C=C\C(OC)=C(C)C)C1CCC(CN(C(=O)C2CCC(O)CC2)c2cc(-c3cnn(C(C)C)c3)ccn2)CC1. The second-order valence-corrected chi connectivity index (χ2v) is 12.4. The summed E-state index contributed by atoms with van der Waals surface area (Å²) in [7, 11) is 1.70. The molecule has 0 spiro atoms. The van der Waals surface area contributed by atoms with E-state index in [1.165, 1.54) is 0 Å². The van der Waals surface area contributed by atoms with Crippen LogP contribution >= 0.6 is 0 Å². The van der Waals surface area contributed by atoms with Crippen LogP contribution in [0.4, 0.5) is 5.82 Å². The molecule has 7 nitrogen and oxygen atoms in total. The average molecular weight is 561 g/mol. The lowest BCUT2D eigenvalue weighted by Crippen LogP contribution is -2.42. The number of carbonyl (C=O) groups is 1. The Hall–Kier alpha value is -3.19. The summed E-state index contributed by atoms with van der Waals surface area (Å²) in [4.78, 5) is 20.6. The van der Waals surface area contributed by atoms with Gasteiger partial charge in [-0.15, -0.1) is 0 Å². The first-order valence-corrected chi connectivity index (χ1v) is 15.2. The van der Waals surface area contributed by atoms with E-state index < -0.39 is 0 Å². The van der Waals surface area contributed by atoms with Crippen LogP contribution < -0.4 is 4.90 Å². The van der Waals surface area contributed by atoms with Crippen LogP contribution in [0.3, 0.4) is 0 Å². The van der Waals surface area contributed by atoms with Gasteiger partial charge in [-0.1, -0.05) is 18.2 Å². The van der Waals surface area contributed by atoms with E-state index in [-0.39, 0.29) is 24.0 Å². The molecule has 1 N–H and O–H groups in total. The summed E-state index contributed by atoms with van der Waals surface area (Å²) in [5, 5.41) is 14.5. The number of allylic oxidation sites excluding steroid dienone is 4. The van der Waals surface area contributed by atoms with E-state index >= 15 is 0 Å². The summed E-state index contributed by atoms with van der Waals surface area (Å²) in [5.74, 6) is 2.51. The molecule has 0 radical (unpaired) electrons. The number of aromatic nitrogens is 3. The number of aliphatic hydroxyl groups is 1. The predicted molar refractivity (Wildman–Crippen MR) is 165 cm³/mol. The zero-order chi connectivity index (χ0) is 29.5. The molecular weight excluding hydrogens is 512 g/mol. The minimum absolute atomic E-state index is 0.0705. The Bertz CT molecular complexity index is 1240. The van der Waals surface area contributed by atoms with Crippen LogP contribution in [0.2, 0.25) is 0 Å². The van der Waals surface area contributed by atoms with Crippen molar-refractivity contribution in [3.8, 4) is 11.1 Å². The number of nitrogens with zero attached hydrogens (tertiary/aromatic N) is 4. The molecule has 4 rings (SSSR count). The van der Waals surface area contributed by atoms with Crippen LogP contribution in [-0.2, 0) is 9.53 Å². The summed E-state index contributed by atoms with van der Waals surface area (Å²) in [6, 6.07) is 4.30. The van der Waals surface area contributed by atoms with Crippen LogP contribution in [0.1, 0.15) is 85.1 Å². The first-order chi connectivity index (χ1) is 19.7. The van der Waals surface area contributed by atoms with Gasteiger partial charge in [-0.25, -0.2) is 4.98 Å². The number of ether oxygens (including phenoxy) is 1. The van der Waals surface area contributed by atoms with Crippen LogP contribution in [-0.4, -0.2) is 45.5 Å². The van der Waals surface area contributed by atoms with Crippen molar-refractivity contribution in [3.05, 3.63) is 66.4 Å². The molecule has 0 bridgehead atoms. The maximum Gasteiger partial charge on any atom is 0.231 e. The first-order valence-electron chi connectivity index (χ1n) is 15.2. The van der Waals surface area contributed by atoms with Crippen molar-refractivity contribution in [2.45, 2.75) is 91.2 Å². The maximum absolute atomic E-state index is 14.0. The van der Waals surface area contributed by atoms with E-state index in [2.05, 4.69) is 31.6 Å². The van der Waals surface area contributed by atoms with Crippen LogP contribution in [0.15, 0.2) is 66.4 Å². The van der Waals surface area contributed by atoms with Gasteiger partial charge in [0.15, 0.2) is 0 Å². The molecule has 2 heterocycles. The molecule has 2 aliphatic carbocycles. The number of methoxy groups -OCH3 is 1. The number of aliphatic hydroxyl groups excluding tert-OH is 1. The van der Waals surface area contributed by atoms with Gasteiger partial charge in [0, 0.05) is 36.5 Å². The Kier molecular flexibility index (Phi) is 10.6. The molecule has 0 saturated heterocycles. The zero-order valence-electron chi connectivity index (χ0n) is 25.6. The Morgan fingerprint density at radius 3 is 2.39 bits per heavy atom. The molecule has 2 saturated carbocycles. The van der Waals surface area contributed by atoms with E-state index in [1.54, 1.807) is 13.3 Å². The molecule has 2 aromatic rings. The minimum atomic E-state index is -0.291. The van der Waals surface area contributed by atoms with Gasteiger partial charge < -0.3 is 9.84 Å². The molecule has 41 heavy (non-hydrogen) atoms. The number of hydrogen-bond donors (Lipinski definition) is 1. The Morgan fingerprint density at radius 2 is 1.78 bits per heavy atom. The van der Waals surface area contributed by atoms with E-state index in [1.807, 2.05) is 54.0 Å². The fourth-order valence-electron chi connectivity index (χ4n) is 6.09. The molecule has 7 heteroatoms. The highest BCUT2D eigenvalue weighted by Gasteiger charge is 2.33. The van der Waals surface area contributed by atoms with Crippen molar-refractivity contribution < 1.29 is 14.6 Å². The zero-order valence-corrected chi connectivity index (χ0v) is 25.6. The van der Waals surface area contributed by atoms with E-state index in [9.17, 15) is 9.90 Å².